The maximum absolute atomic E-state index is 13.4. The van der Waals surface area contributed by atoms with E-state index in [0.29, 0.717) is 25.1 Å². The second-order valence-corrected chi connectivity index (χ2v) is 12.6. The van der Waals surface area contributed by atoms with E-state index in [2.05, 4.69) is 47.2 Å². The van der Waals surface area contributed by atoms with Crippen molar-refractivity contribution in [3.63, 3.8) is 0 Å². The minimum absolute atomic E-state index is 0.132. The zero-order chi connectivity index (χ0) is 41.1. The van der Waals surface area contributed by atoms with Crippen molar-refractivity contribution in [2.45, 2.75) is 122 Å². The van der Waals surface area contributed by atoms with Gasteiger partial charge in [0.15, 0.2) is 0 Å². The Balaban J connectivity index is 2.93. The van der Waals surface area contributed by atoms with Gasteiger partial charge >= 0.3 is 11.9 Å². The van der Waals surface area contributed by atoms with Gasteiger partial charge in [0.1, 0.15) is 42.3 Å². The van der Waals surface area contributed by atoms with Crippen molar-refractivity contribution in [2.75, 3.05) is 6.54 Å². The Morgan fingerprint density at radius 3 is 1.67 bits per heavy atom. The van der Waals surface area contributed by atoms with Crippen LogP contribution in [-0.4, -0.2) is 134 Å². The number of aliphatic carboxylic acids is 2. The number of rotatable bonds is 24. The number of hydrogen-bond acceptors (Lipinski definition) is 12. The summed E-state index contributed by atoms with van der Waals surface area (Å²) in [4.78, 5) is 119. The highest BCUT2D eigenvalue weighted by atomic mass is 16.4. The number of nitrogens with one attached hydrogen (secondary N) is 8. The summed E-state index contributed by atoms with van der Waals surface area (Å²) in [5.41, 5.74) is 5.72. The molecule has 0 saturated heterocycles. The van der Waals surface area contributed by atoms with Crippen LogP contribution in [0.5, 0.6) is 0 Å². The van der Waals surface area contributed by atoms with Gasteiger partial charge in [-0.1, -0.05) is 0 Å². The van der Waals surface area contributed by atoms with Crippen LogP contribution in [0.25, 0.3) is 0 Å². The van der Waals surface area contributed by atoms with Crippen LogP contribution in [0, 0.1) is 0 Å². The molecule has 22 heteroatoms. The summed E-state index contributed by atoms with van der Waals surface area (Å²) in [5.74, 6) is -8.45. The molecule has 0 spiro atoms. The molecule has 54 heavy (non-hydrogen) atoms. The monoisotopic (exact) mass is 768 g/mol. The lowest BCUT2D eigenvalue weighted by Crippen LogP contribution is -2.61. The van der Waals surface area contributed by atoms with Gasteiger partial charge in [-0.15, -0.1) is 0 Å². The molecule has 0 aliphatic carbocycles. The largest absolute Gasteiger partial charge is 0.481 e. The third-order valence-corrected chi connectivity index (χ3v) is 7.82. The van der Waals surface area contributed by atoms with Crippen molar-refractivity contribution in [1.82, 2.24) is 47.2 Å². The van der Waals surface area contributed by atoms with Crippen molar-refractivity contribution in [3.8, 4) is 0 Å². The van der Waals surface area contributed by atoms with Gasteiger partial charge in [0.2, 0.25) is 41.4 Å². The highest BCUT2D eigenvalue weighted by Gasteiger charge is 2.34. The summed E-state index contributed by atoms with van der Waals surface area (Å²) in [6.45, 7) is 6.52. The normalized spacial score (nSPS) is 15.3. The molecule has 0 aromatic carbocycles. The van der Waals surface area contributed by atoms with Gasteiger partial charge in [-0.25, -0.2) is 9.78 Å². The number of carbonyl (C=O) groups excluding carboxylic acids is 7. The van der Waals surface area contributed by atoms with Crippen molar-refractivity contribution in [3.05, 3.63) is 18.2 Å². The second-order valence-electron chi connectivity index (χ2n) is 12.6. The van der Waals surface area contributed by atoms with E-state index in [-0.39, 0.29) is 19.3 Å². The first kappa shape index (κ1) is 46.4. The molecule has 0 unspecified atom stereocenters. The molecule has 1 aromatic heterocycles. The second kappa shape index (κ2) is 23.1. The summed E-state index contributed by atoms with van der Waals surface area (Å²) < 4.78 is 0. The number of unbranched alkanes of at least 4 members (excludes halogenated alkanes) is 1. The SMILES string of the molecule is CC(=O)N[C@@H](CCC(=O)O)C(=O)N[C@@H](Cc1c[nH]cn1)C(=O)N[C@H](C(=O)N[C@@H](C)C(=O)N[C@@H](C)C(=O)N[C@@H](C)C(=O)N[C@@H](CCCCN)C(=O)O)[C@@H](C)O. The van der Waals surface area contributed by atoms with Crippen LogP contribution in [0.2, 0.25) is 0 Å². The number of nitrogens with zero attached hydrogens (tertiary/aromatic N) is 1. The fourth-order valence-corrected chi connectivity index (χ4v) is 4.76. The van der Waals surface area contributed by atoms with E-state index < -0.39 is 108 Å². The molecule has 0 aliphatic heterocycles. The van der Waals surface area contributed by atoms with Crippen LogP contribution in [-0.2, 0) is 49.6 Å². The quantitative estimate of drug-likeness (QED) is 0.0445. The Labute approximate surface area is 310 Å². The molecule has 1 heterocycles. The first-order chi connectivity index (χ1) is 25.3. The number of carboxylic acid groups (broad SMARTS) is 2. The maximum Gasteiger partial charge on any atom is 0.326 e. The highest BCUT2D eigenvalue weighted by Crippen LogP contribution is 2.06. The standard InChI is InChI=1S/C32H52N10O12/c1-15(26(47)37-17(3)28(49)40-22(32(53)54)8-6-7-11-33)36-27(48)16(2)38-31(52)25(18(4)43)42-30(51)23(12-20-13-34-14-35-20)41-29(50)21(39-19(5)44)9-10-24(45)46/h13-18,21-23,25,43H,6-12,33H2,1-5H3,(H,34,35)(H,36,48)(H,37,47)(H,38,52)(H,39,44)(H,40,49)(H,41,50)(H,42,51)(H,45,46)(H,53,54)/t15-,16-,17-,18+,21-,22-,23-,25-/m0/s1. The number of nitrogens with two attached hydrogens (primary N) is 1. The van der Waals surface area contributed by atoms with E-state index >= 15 is 0 Å². The first-order valence-electron chi connectivity index (χ1n) is 17.2. The number of hydrogen-bond donors (Lipinski definition) is 12. The van der Waals surface area contributed by atoms with Crippen LogP contribution in [0.4, 0.5) is 0 Å². The summed E-state index contributed by atoms with van der Waals surface area (Å²) in [7, 11) is 0. The summed E-state index contributed by atoms with van der Waals surface area (Å²) in [6, 6.07) is -9.37. The van der Waals surface area contributed by atoms with Crippen LogP contribution in [0.1, 0.15) is 72.4 Å². The molecule has 8 atom stereocenters. The van der Waals surface area contributed by atoms with Crippen LogP contribution < -0.4 is 43.0 Å². The number of carboxylic acids is 2. The zero-order valence-corrected chi connectivity index (χ0v) is 30.8. The van der Waals surface area contributed by atoms with Gasteiger partial charge in [0, 0.05) is 26.0 Å². The van der Waals surface area contributed by atoms with Crippen LogP contribution in [0.3, 0.4) is 0 Å². The van der Waals surface area contributed by atoms with E-state index in [0.717, 1.165) is 6.92 Å². The van der Waals surface area contributed by atoms with E-state index in [1.54, 1.807) is 0 Å². The molecular weight excluding hydrogens is 716 g/mol. The Bertz CT molecular complexity index is 1470. The Kier molecular flexibility index (Phi) is 19.9. The number of aromatic nitrogens is 2. The minimum Gasteiger partial charge on any atom is -0.481 e. The molecule has 0 aliphatic rings. The Morgan fingerprint density at radius 2 is 1.20 bits per heavy atom. The number of amides is 7. The Morgan fingerprint density at radius 1 is 0.685 bits per heavy atom. The molecule has 7 amide bonds. The predicted molar refractivity (Wildman–Crippen MR) is 188 cm³/mol. The van der Waals surface area contributed by atoms with Gasteiger partial charge in [-0.05, 0) is 59.9 Å². The highest BCUT2D eigenvalue weighted by molar-refractivity contribution is 5.97. The van der Waals surface area contributed by atoms with Crippen molar-refractivity contribution in [2.24, 2.45) is 5.73 Å². The van der Waals surface area contributed by atoms with Crippen LogP contribution in [0.15, 0.2) is 12.5 Å². The lowest BCUT2D eigenvalue weighted by atomic mass is 10.1. The van der Waals surface area contributed by atoms with Crippen molar-refractivity contribution < 1.29 is 58.5 Å². The summed E-state index contributed by atoms with van der Waals surface area (Å²) >= 11 is 0. The lowest BCUT2D eigenvalue weighted by molar-refractivity contribution is -0.142. The third kappa shape index (κ3) is 16.8. The van der Waals surface area contributed by atoms with Crippen LogP contribution >= 0.6 is 0 Å². The maximum atomic E-state index is 13.4. The van der Waals surface area contributed by atoms with E-state index in [1.165, 1.54) is 40.2 Å². The van der Waals surface area contributed by atoms with E-state index in [1.807, 2.05) is 0 Å². The van der Waals surface area contributed by atoms with Crippen molar-refractivity contribution in [1.29, 1.82) is 0 Å². The molecule has 0 fully saturated rings. The summed E-state index contributed by atoms with van der Waals surface area (Å²) in [6.07, 6.45) is 1.35. The number of aliphatic hydroxyl groups is 1. The molecule has 0 saturated carbocycles. The van der Waals surface area contributed by atoms with Gasteiger partial charge in [-0.3, -0.25) is 38.4 Å². The topological polar surface area (TPSA) is 353 Å². The van der Waals surface area contributed by atoms with Gasteiger partial charge in [0.05, 0.1) is 18.1 Å². The van der Waals surface area contributed by atoms with Gasteiger partial charge < -0.3 is 63.3 Å². The predicted octanol–water partition coefficient (Wildman–Crippen LogP) is -4.12. The number of carbonyl (C=O) groups is 9. The molecule has 13 N–H and O–H groups in total. The molecule has 1 aromatic rings. The summed E-state index contributed by atoms with van der Waals surface area (Å²) in [5, 5.41) is 45.3. The average molecular weight is 769 g/mol. The minimum atomic E-state index is -1.67. The van der Waals surface area contributed by atoms with Gasteiger partial charge in [-0.2, -0.15) is 0 Å². The number of H-pyrrole nitrogens is 1. The fraction of sp³-hybridized carbons (Fsp3) is 0.625. The number of aromatic amines is 1. The first-order valence-corrected chi connectivity index (χ1v) is 17.2. The third-order valence-electron chi connectivity index (χ3n) is 7.82. The molecule has 0 radical (unpaired) electrons. The molecule has 0 bridgehead atoms. The molecule has 1 rings (SSSR count). The van der Waals surface area contributed by atoms with E-state index in [4.69, 9.17) is 10.8 Å². The molecular formula is C32H52N10O12. The molecule has 302 valence electrons. The molecule has 22 nitrogen and oxygen atoms in total. The lowest BCUT2D eigenvalue weighted by Gasteiger charge is -2.27. The smallest absolute Gasteiger partial charge is 0.326 e. The number of imidazole rings is 1. The van der Waals surface area contributed by atoms with Gasteiger partial charge in [0.25, 0.3) is 0 Å². The number of aliphatic hydroxyl groups excluding tert-OH is 1. The van der Waals surface area contributed by atoms with E-state index in [9.17, 15) is 53.4 Å². The Hall–Kier alpha value is -5.64. The zero-order valence-electron chi connectivity index (χ0n) is 30.8. The average Bonchev–Trinajstić information content (AvgIpc) is 3.60. The van der Waals surface area contributed by atoms with Crippen molar-refractivity contribution >= 4 is 53.3 Å². The fourth-order valence-electron chi connectivity index (χ4n) is 4.76.